The first kappa shape index (κ1) is 19.0. The van der Waals surface area contributed by atoms with Crippen molar-refractivity contribution in [3.63, 3.8) is 0 Å². The number of amides is 2. The van der Waals surface area contributed by atoms with Gasteiger partial charge in [0, 0.05) is 25.6 Å². The molecule has 3 rings (SSSR count). The lowest BCUT2D eigenvalue weighted by Gasteiger charge is -2.25. The van der Waals surface area contributed by atoms with E-state index in [1.165, 1.54) is 11.1 Å². The zero-order valence-electron chi connectivity index (χ0n) is 15.9. The van der Waals surface area contributed by atoms with Gasteiger partial charge in [-0.1, -0.05) is 18.2 Å². The van der Waals surface area contributed by atoms with Crippen LogP contribution in [-0.4, -0.2) is 26.0 Å². The molecule has 0 radical (unpaired) electrons. The molecule has 0 heterocycles. The zero-order chi connectivity index (χ0) is 19.2. The Labute approximate surface area is 160 Å². The Balaban J connectivity index is 1.60. The van der Waals surface area contributed by atoms with E-state index in [2.05, 4.69) is 22.8 Å². The lowest BCUT2D eigenvalue weighted by Crippen LogP contribution is -2.26. The molecule has 1 atom stereocenters. The third-order valence-electron chi connectivity index (χ3n) is 5.13. The number of methoxy groups -OCH3 is 1. The van der Waals surface area contributed by atoms with Gasteiger partial charge in [0.25, 0.3) is 5.91 Å². The predicted molar refractivity (Wildman–Crippen MR) is 105 cm³/mol. The van der Waals surface area contributed by atoms with Crippen LogP contribution in [0.4, 0.5) is 0 Å². The van der Waals surface area contributed by atoms with Gasteiger partial charge in [0.15, 0.2) is 0 Å². The van der Waals surface area contributed by atoms with Gasteiger partial charge in [-0.25, -0.2) is 0 Å². The summed E-state index contributed by atoms with van der Waals surface area (Å²) in [6, 6.07) is 13.5. The summed E-state index contributed by atoms with van der Waals surface area (Å²) in [7, 11) is 3.28. The molecule has 0 unspecified atom stereocenters. The molecule has 2 aromatic carbocycles. The molecule has 5 nitrogen and oxygen atoms in total. The first-order valence-electron chi connectivity index (χ1n) is 9.35. The number of aryl methyl sites for hydroxylation is 1. The van der Waals surface area contributed by atoms with Gasteiger partial charge in [-0.3, -0.25) is 9.59 Å². The number of hydrogen-bond donors (Lipinski definition) is 2. The van der Waals surface area contributed by atoms with Crippen LogP contribution in [-0.2, 0) is 17.8 Å². The summed E-state index contributed by atoms with van der Waals surface area (Å²) in [6.07, 6.45) is 3.64. The van der Waals surface area contributed by atoms with Crippen LogP contribution in [0.15, 0.2) is 42.5 Å². The predicted octanol–water partition coefficient (Wildman–Crippen LogP) is 3.18. The Morgan fingerprint density at radius 3 is 2.81 bits per heavy atom. The van der Waals surface area contributed by atoms with Crippen LogP contribution in [0.5, 0.6) is 5.75 Å². The van der Waals surface area contributed by atoms with Gasteiger partial charge in [0.05, 0.1) is 7.11 Å². The van der Waals surface area contributed by atoms with Crippen molar-refractivity contribution in [3.8, 4) is 5.75 Å². The smallest absolute Gasteiger partial charge is 0.251 e. The minimum Gasteiger partial charge on any atom is -0.497 e. The summed E-state index contributed by atoms with van der Waals surface area (Å²) in [5, 5.41) is 5.60. The number of ether oxygens (including phenoxy) is 1. The molecule has 2 amide bonds. The molecule has 0 spiro atoms. The van der Waals surface area contributed by atoms with Crippen LogP contribution >= 0.6 is 0 Å². The van der Waals surface area contributed by atoms with Gasteiger partial charge >= 0.3 is 0 Å². The van der Waals surface area contributed by atoms with Crippen LogP contribution in [0, 0.1) is 0 Å². The van der Waals surface area contributed by atoms with E-state index in [1.807, 2.05) is 18.2 Å². The van der Waals surface area contributed by atoms with Crippen molar-refractivity contribution in [2.24, 2.45) is 0 Å². The van der Waals surface area contributed by atoms with Gasteiger partial charge < -0.3 is 15.4 Å². The fraction of sp³-hybridized carbons (Fsp3) is 0.364. The standard InChI is InChI=1S/C22H26N2O3/c1-23-22(26)18-8-3-5-15(11-18)14-24-21(25)13-17-7-4-6-16-12-19(27-2)9-10-20(16)17/h3,5,8-12,17H,4,6-7,13-14H2,1-2H3,(H,23,26)(H,24,25)/t17-/m0/s1. The first-order chi connectivity index (χ1) is 13.1. The highest BCUT2D eigenvalue weighted by Crippen LogP contribution is 2.35. The van der Waals surface area contributed by atoms with Crippen molar-refractivity contribution in [2.45, 2.75) is 38.1 Å². The Bertz CT molecular complexity index is 832. The summed E-state index contributed by atoms with van der Waals surface area (Å²) in [5.74, 6) is 1.03. The molecule has 1 aliphatic carbocycles. The number of fused-ring (bicyclic) bond motifs is 1. The van der Waals surface area contributed by atoms with Crippen molar-refractivity contribution in [3.05, 3.63) is 64.7 Å². The molecule has 0 saturated heterocycles. The lowest BCUT2D eigenvalue weighted by molar-refractivity contribution is -0.121. The van der Waals surface area contributed by atoms with Crippen molar-refractivity contribution < 1.29 is 14.3 Å². The highest BCUT2D eigenvalue weighted by atomic mass is 16.5. The van der Waals surface area contributed by atoms with Crippen LogP contribution < -0.4 is 15.4 Å². The minimum absolute atomic E-state index is 0.0361. The van der Waals surface area contributed by atoms with Gasteiger partial charge in [0.1, 0.15) is 5.75 Å². The van der Waals surface area contributed by atoms with Gasteiger partial charge in [-0.05, 0) is 66.1 Å². The Kier molecular flexibility index (Phi) is 6.12. The van der Waals surface area contributed by atoms with Gasteiger partial charge in [-0.15, -0.1) is 0 Å². The van der Waals surface area contributed by atoms with Crippen LogP contribution in [0.1, 0.15) is 52.2 Å². The number of rotatable bonds is 6. The van der Waals surface area contributed by atoms with E-state index in [0.717, 1.165) is 30.6 Å². The average molecular weight is 366 g/mol. The number of carbonyl (C=O) groups is 2. The quantitative estimate of drug-likeness (QED) is 0.825. The molecule has 0 saturated carbocycles. The number of benzene rings is 2. The molecule has 5 heteroatoms. The molecule has 142 valence electrons. The summed E-state index contributed by atoms with van der Waals surface area (Å²) >= 11 is 0. The van der Waals surface area contributed by atoms with Crippen LogP contribution in [0.2, 0.25) is 0 Å². The van der Waals surface area contributed by atoms with Gasteiger partial charge in [-0.2, -0.15) is 0 Å². The largest absolute Gasteiger partial charge is 0.497 e. The molecular weight excluding hydrogens is 340 g/mol. The molecular formula is C22H26N2O3. The molecule has 1 aliphatic rings. The summed E-state index contributed by atoms with van der Waals surface area (Å²) in [6.45, 7) is 0.422. The first-order valence-corrected chi connectivity index (χ1v) is 9.35. The second-order valence-electron chi connectivity index (χ2n) is 6.91. The Hall–Kier alpha value is -2.82. The molecule has 2 aromatic rings. The van der Waals surface area contributed by atoms with Crippen molar-refractivity contribution >= 4 is 11.8 Å². The molecule has 2 N–H and O–H groups in total. The molecule has 0 bridgehead atoms. The van der Waals surface area contributed by atoms with E-state index in [1.54, 1.807) is 26.3 Å². The fourth-order valence-electron chi connectivity index (χ4n) is 3.69. The molecule has 27 heavy (non-hydrogen) atoms. The van der Waals surface area contributed by atoms with Gasteiger partial charge in [0.2, 0.25) is 5.91 Å². The normalized spacial score (nSPS) is 15.6. The Morgan fingerprint density at radius 1 is 1.19 bits per heavy atom. The van der Waals surface area contributed by atoms with E-state index < -0.39 is 0 Å². The highest BCUT2D eigenvalue weighted by Gasteiger charge is 2.23. The molecule has 0 aliphatic heterocycles. The molecule has 0 fully saturated rings. The lowest BCUT2D eigenvalue weighted by atomic mass is 9.81. The van der Waals surface area contributed by atoms with E-state index in [0.29, 0.717) is 18.5 Å². The molecule has 0 aromatic heterocycles. The number of carbonyl (C=O) groups excluding carboxylic acids is 2. The summed E-state index contributed by atoms with van der Waals surface area (Å²) < 4.78 is 5.31. The topological polar surface area (TPSA) is 67.4 Å². The monoisotopic (exact) mass is 366 g/mol. The highest BCUT2D eigenvalue weighted by molar-refractivity contribution is 5.94. The van der Waals surface area contributed by atoms with E-state index in [-0.39, 0.29) is 17.7 Å². The second kappa shape index (κ2) is 8.71. The van der Waals surface area contributed by atoms with E-state index in [9.17, 15) is 9.59 Å². The summed E-state index contributed by atoms with van der Waals surface area (Å²) in [5.41, 5.74) is 4.06. The SMILES string of the molecule is CNC(=O)c1cccc(CNC(=O)C[C@@H]2CCCc3cc(OC)ccc32)c1. The van der Waals surface area contributed by atoms with E-state index in [4.69, 9.17) is 4.74 Å². The average Bonchev–Trinajstić information content (AvgIpc) is 2.71. The van der Waals surface area contributed by atoms with Crippen molar-refractivity contribution in [1.82, 2.24) is 10.6 Å². The van der Waals surface area contributed by atoms with Crippen LogP contribution in [0.25, 0.3) is 0 Å². The minimum atomic E-state index is -0.127. The maximum Gasteiger partial charge on any atom is 0.251 e. The maximum absolute atomic E-state index is 12.5. The maximum atomic E-state index is 12.5. The van der Waals surface area contributed by atoms with Crippen molar-refractivity contribution in [2.75, 3.05) is 14.2 Å². The number of hydrogen-bond acceptors (Lipinski definition) is 3. The van der Waals surface area contributed by atoms with Crippen molar-refractivity contribution in [1.29, 1.82) is 0 Å². The fourth-order valence-corrected chi connectivity index (χ4v) is 3.69. The number of nitrogens with one attached hydrogen (secondary N) is 2. The third-order valence-corrected chi connectivity index (χ3v) is 5.13. The third kappa shape index (κ3) is 4.67. The van der Waals surface area contributed by atoms with E-state index >= 15 is 0 Å². The Morgan fingerprint density at radius 2 is 2.04 bits per heavy atom. The second-order valence-corrected chi connectivity index (χ2v) is 6.91. The zero-order valence-corrected chi connectivity index (χ0v) is 15.9. The summed E-state index contributed by atoms with van der Waals surface area (Å²) in [4.78, 5) is 24.2. The van der Waals surface area contributed by atoms with Crippen LogP contribution in [0.3, 0.4) is 0 Å².